The first-order valence-corrected chi connectivity index (χ1v) is 6.53. The molecule has 0 saturated heterocycles. The molecule has 0 aromatic heterocycles. The summed E-state index contributed by atoms with van der Waals surface area (Å²) in [5.41, 5.74) is 1.64. The van der Waals surface area contributed by atoms with Crippen molar-refractivity contribution >= 4 is 21.8 Å². The zero-order valence-electron chi connectivity index (χ0n) is 10.2. The summed E-state index contributed by atoms with van der Waals surface area (Å²) in [6.45, 7) is 4.25. The molecular weight excluding hydrogens is 282 g/mol. The predicted octanol–water partition coefficient (Wildman–Crippen LogP) is 2.65. The molecule has 0 heterocycles. The Kier molecular flexibility index (Phi) is 5.65. The van der Waals surface area contributed by atoms with Crippen LogP contribution in [0.25, 0.3) is 0 Å². The summed E-state index contributed by atoms with van der Waals surface area (Å²) >= 11 is 3.40. The lowest BCUT2D eigenvalue weighted by atomic mass is 10.1. The Bertz CT molecular complexity index is 391. The van der Waals surface area contributed by atoms with Crippen LogP contribution in [0.1, 0.15) is 35.7 Å². The van der Waals surface area contributed by atoms with E-state index in [1.165, 1.54) is 0 Å². The quantitative estimate of drug-likeness (QED) is 0.821. The Hall–Kier alpha value is -0.870. The van der Waals surface area contributed by atoms with Crippen molar-refractivity contribution in [2.24, 2.45) is 0 Å². The van der Waals surface area contributed by atoms with Crippen molar-refractivity contribution in [1.29, 1.82) is 0 Å². The maximum Gasteiger partial charge on any atom is 0.251 e. The van der Waals surface area contributed by atoms with Gasteiger partial charge in [-0.1, -0.05) is 22.0 Å². The molecule has 0 aliphatic heterocycles. The summed E-state index contributed by atoms with van der Waals surface area (Å²) in [7, 11) is 0. The molecule has 1 amide bonds. The van der Waals surface area contributed by atoms with Crippen LogP contribution >= 0.6 is 15.9 Å². The van der Waals surface area contributed by atoms with E-state index in [1.54, 1.807) is 6.92 Å². The van der Waals surface area contributed by atoms with Gasteiger partial charge in [-0.05, 0) is 44.4 Å². The minimum atomic E-state index is -0.306. The highest BCUT2D eigenvalue weighted by Crippen LogP contribution is 2.19. The monoisotopic (exact) mass is 299 g/mol. The Labute approximate surface area is 110 Å². The molecule has 94 valence electrons. The van der Waals surface area contributed by atoms with Crippen LogP contribution in [0.2, 0.25) is 0 Å². The average Bonchev–Trinajstić information content (AvgIpc) is 2.27. The van der Waals surface area contributed by atoms with Crippen LogP contribution in [-0.2, 0) is 0 Å². The molecular formula is C13H18BrNO2. The minimum absolute atomic E-state index is 0.0607. The molecule has 2 N–H and O–H groups in total. The van der Waals surface area contributed by atoms with Crippen molar-refractivity contribution in [3.63, 3.8) is 0 Å². The second-order valence-corrected chi connectivity index (χ2v) is 5.01. The summed E-state index contributed by atoms with van der Waals surface area (Å²) in [6, 6.07) is 5.57. The number of amides is 1. The molecule has 1 aromatic carbocycles. The summed E-state index contributed by atoms with van der Waals surface area (Å²) in [5.74, 6) is -0.0607. The van der Waals surface area contributed by atoms with E-state index >= 15 is 0 Å². The molecule has 1 rings (SSSR count). The van der Waals surface area contributed by atoms with E-state index in [-0.39, 0.29) is 12.0 Å². The molecule has 3 nitrogen and oxygen atoms in total. The number of aliphatic hydroxyl groups excluding tert-OH is 1. The fourth-order valence-electron chi connectivity index (χ4n) is 1.55. The number of carbonyl (C=O) groups excluding carboxylic acids is 1. The second kappa shape index (κ2) is 6.77. The Morgan fingerprint density at radius 2 is 2.24 bits per heavy atom. The topological polar surface area (TPSA) is 49.3 Å². The summed E-state index contributed by atoms with van der Waals surface area (Å²) in [6.07, 6.45) is 1.19. The van der Waals surface area contributed by atoms with Crippen molar-refractivity contribution in [1.82, 2.24) is 5.32 Å². The third-order valence-corrected chi connectivity index (χ3v) is 3.46. The molecule has 4 heteroatoms. The van der Waals surface area contributed by atoms with Crippen molar-refractivity contribution in [2.75, 3.05) is 6.54 Å². The maximum atomic E-state index is 11.9. The zero-order valence-corrected chi connectivity index (χ0v) is 11.8. The summed E-state index contributed by atoms with van der Waals surface area (Å²) in [5, 5.41) is 11.9. The van der Waals surface area contributed by atoms with Gasteiger partial charge in [0.1, 0.15) is 0 Å². The van der Waals surface area contributed by atoms with Gasteiger partial charge < -0.3 is 10.4 Å². The lowest BCUT2D eigenvalue weighted by molar-refractivity contribution is 0.0949. The Morgan fingerprint density at radius 3 is 2.88 bits per heavy atom. The van der Waals surface area contributed by atoms with Crippen LogP contribution in [-0.4, -0.2) is 23.7 Å². The van der Waals surface area contributed by atoms with Crippen molar-refractivity contribution in [3.05, 3.63) is 33.8 Å². The van der Waals surface area contributed by atoms with Gasteiger partial charge in [0.05, 0.1) is 6.10 Å². The van der Waals surface area contributed by atoms with Crippen molar-refractivity contribution < 1.29 is 9.90 Å². The highest BCUT2D eigenvalue weighted by Gasteiger charge is 2.09. The lowest BCUT2D eigenvalue weighted by Crippen LogP contribution is -2.25. The van der Waals surface area contributed by atoms with Gasteiger partial charge in [-0.25, -0.2) is 0 Å². The SMILES string of the molecule is Cc1c(Br)cccc1C(=O)NCCCC(C)O. The lowest BCUT2D eigenvalue weighted by Gasteiger charge is -2.09. The van der Waals surface area contributed by atoms with Gasteiger partial charge in [0.2, 0.25) is 0 Å². The number of hydrogen-bond donors (Lipinski definition) is 2. The number of halogens is 1. The van der Waals surface area contributed by atoms with E-state index in [1.807, 2.05) is 25.1 Å². The van der Waals surface area contributed by atoms with E-state index < -0.39 is 0 Å². The van der Waals surface area contributed by atoms with Gasteiger partial charge in [-0.15, -0.1) is 0 Å². The Balaban J connectivity index is 2.50. The Morgan fingerprint density at radius 1 is 1.53 bits per heavy atom. The van der Waals surface area contributed by atoms with E-state index in [2.05, 4.69) is 21.2 Å². The van der Waals surface area contributed by atoms with Crippen LogP contribution in [0.5, 0.6) is 0 Å². The standard InChI is InChI=1S/C13H18BrNO2/c1-9(16)5-4-8-15-13(17)11-6-3-7-12(14)10(11)2/h3,6-7,9,16H,4-5,8H2,1-2H3,(H,15,17). The van der Waals surface area contributed by atoms with Crippen LogP contribution in [0.4, 0.5) is 0 Å². The summed E-state index contributed by atoms with van der Waals surface area (Å²) < 4.78 is 0.939. The molecule has 1 unspecified atom stereocenters. The third kappa shape index (κ3) is 4.48. The molecule has 1 atom stereocenters. The second-order valence-electron chi connectivity index (χ2n) is 4.16. The van der Waals surface area contributed by atoms with Gasteiger partial charge in [0.15, 0.2) is 0 Å². The molecule has 0 saturated carbocycles. The first kappa shape index (κ1) is 14.2. The minimum Gasteiger partial charge on any atom is -0.393 e. The number of benzene rings is 1. The number of nitrogens with one attached hydrogen (secondary N) is 1. The van der Waals surface area contributed by atoms with E-state index in [4.69, 9.17) is 5.11 Å². The van der Waals surface area contributed by atoms with Gasteiger partial charge in [-0.3, -0.25) is 4.79 Å². The molecule has 0 radical (unpaired) electrons. The fourth-order valence-corrected chi connectivity index (χ4v) is 1.91. The maximum absolute atomic E-state index is 11.9. The van der Waals surface area contributed by atoms with Gasteiger partial charge in [0.25, 0.3) is 5.91 Å². The van der Waals surface area contributed by atoms with Gasteiger partial charge >= 0.3 is 0 Å². The van der Waals surface area contributed by atoms with Crippen LogP contribution in [0.15, 0.2) is 22.7 Å². The molecule has 17 heavy (non-hydrogen) atoms. The largest absolute Gasteiger partial charge is 0.393 e. The molecule has 0 aliphatic rings. The van der Waals surface area contributed by atoms with Crippen molar-refractivity contribution in [3.8, 4) is 0 Å². The molecule has 1 aromatic rings. The first-order chi connectivity index (χ1) is 8.02. The van der Waals surface area contributed by atoms with Gasteiger partial charge in [0, 0.05) is 16.6 Å². The van der Waals surface area contributed by atoms with Crippen LogP contribution in [0.3, 0.4) is 0 Å². The van der Waals surface area contributed by atoms with Crippen molar-refractivity contribution in [2.45, 2.75) is 32.8 Å². The third-order valence-electron chi connectivity index (χ3n) is 2.60. The molecule has 0 spiro atoms. The number of rotatable bonds is 5. The van der Waals surface area contributed by atoms with E-state index in [9.17, 15) is 4.79 Å². The van der Waals surface area contributed by atoms with E-state index in [0.29, 0.717) is 18.5 Å². The number of aliphatic hydroxyl groups is 1. The first-order valence-electron chi connectivity index (χ1n) is 5.73. The van der Waals surface area contributed by atoms with E-state index in [0.717, 1.165) is 16.5 Å². The zero-order chi connectivity index (χ0) is 12.8. The number of hydrogen-bond acceptors (Lipinski definition) is 2. The normalized spacial score (nSPS) is 12.2. The molecule has 0 fully saturated rings. The summed E-state index contributed by atoms with van der Waals surface area (Å²) in [4.78, 5) is 11.9. The predicted molar refractivity (Wildman–Crippen MR) is 72.1 cm³/mol. The van der Waals surface area contributed by atoms with Gasteiger partial charge in [-0.2, -0.15) is 0 Å². The number of carbonyl (C=O) groups is 1. The smallest absolute Gasteiger partial charge is 0.251 e. The molecule has 0 bridgehead atoms. The van der Waals surface area contributed by atoms with Crippen LogP contribution < -0.4 is 5.32 Å². The van der Waals surface area contributed by atoms with Crippen LogP contribution in [0, 0.1) is 6.92 Å². The molecule has 0 aliphatic carbocycles. The highest BCUT2D eigenvalue weighted by molar-refractivity contribution is 9.10. The highest BCUT2D eigenvalue weighted by atomic mass is 79.9. The average molecular weight is 300 g/mol. The fraction of sp³-hybridized carbons (Fsp3) is 0.462.